The van der Waals surface area contributed by atoms with Crippen LogP contribution >= 0.6 is 15.9 Å². The van der Waals surface area contributed by atoms with Gasteiger partial charge < -0.3 is 5.73 Å². The second-order valence-corrected chi connectivity index (χ2v) is 4.81. The molecule has 3 aromatic rings. The molecule has 3 rings (SSSR count). The number of nitrogens with two attached hydrogens (primary N) is 1. The van der Waals surface area contributed by atoms with Gasteiger partial charge in [-0.3, -0.25) is 0 Å². The van der Waals surface area contributed by atoms with Gasteiger partial charge in [0.1, 0.15) is 6.33 Å². The Morgan fingerprint density at radius 1 is 1.16 bits per heavy atom. The summed E-state index contributed by atoms with van der Waals surface area (Å²) >= 11 is 3.40. The number of hydrogen-bond donors (Lipinski definition) is 1. The van der Waals surface area contributed by atoms with Crippen molar-refractivity contribution in [2.24, 2.45) is 0 Å². The van der Waals surface area contributed by atoms with Gasteiger partial charge in [-0.25, -0.2) is 14.6 Å². The summed E-state index contributed by atoms with van der Waals surface area (Å²) in [5.74, 6) is 0.691. The molecular weight excluding hydrogens is 306 g/mol. The Hall–Kier alpha value is -2.21. The largest absolute Gasteiger partial charge is 0.398 e. The number of nitrogen functional groups attached to an aromatic ring is 1. The average molecular weight is 316 g/mol. The fraction of sp³-hybridized carbons (Fsp3) is 0. The van der Waals surface area contributed by atoms with Gasteiger partial charge in [0.05, 0.1) is 10.7 Å². The standard InChI is InChI=1S/C13H10BrN5/c14-11-6-16-8-17-13(11)19-7-9(5-18-19)10-3-1-2-4-12(10)15/h1-8H,15H2. The molecule has 0 aliphatic carbocycles. The first-order valence-corrected chi connectivity index (χ1v) is 6.40. The molecule has 0 spiro atoms. The summed E-state index contributed by atoms with van der Waals surface area (Å²) in [5.41, 5.74) is 8.59. The van der Waals surface area contributed by atoms with Gasteiger partial charge in [-0.1, -0.05) is 18.2 Å². The summed E-state index contributed by atoms with van der Waals surface area (Å²) in [5, 5.41) is 4.31. The second kappa shape index (κ2) is 4.81. The lowest BCUT2D eigenvalue weighted by molar-refractivity contribution is 0.833. The number of halogens is 1. The number of anilines is 1. The second-order valence-electron chi connectivity index (χ2n) is 3.96. The predicted molar refractivity (Wildman–Crippen MR) is 76.7 cm³/mol. The molecule has 0 unspecified atom stereocenters. The van der Waals surface area contributed by atoms with Crippen molar-refractivity contribution in [1.29, 1.82) is 0 Å². The molecule has 0 radical (unpaired) electrons. The molecular formula is C13H10BrN5. The fourth-order valence-corrected chi connectivity index (χ4v) is 2.21. The van der Waals surface area contributed by atoms with Crippen LogP contribution < -0.4 is 5.73 Å². The smallest absolute Gasteiger partial charge is 0.170 e. The van der Waals surface area contributed by atoms with Crippen LogP contribution in [-0.2, 0) is 0 Å². The van der Waals surface area contributed by atoms with Gasteiger partial charge in [-0.15, -0.1) is 0 Å². The number of nitrogens with zero attached hydrogens (tertiary/aromatic N) is 4. The van der Waals surface area contributed by atoms with Crippen LogP contribution in [0.1, 0.15) is 0 Å². The molecule has 0 atom stereocenters. The first kappa shape index (κ1) is 11.9. The van der Waals surface area contributed by atoms with Crippen LogP contribution in [0.4, 0.5) is 5.69 Å². The van der Waals surface area contributed by atoms with Crippen molar-refractivity contribution < 1.29 is 0 Å². The van der Waals surface area contributed by atoms with Crippen LogP contribution in [0.3, 0.4) is 0 Å². The maximum Gasteiger partial charge on any atom is 0.170 e. The number of hydrogen-bond acceptors (Lipinski definition) is 4. The lowest BCUT2D eigenvalue weighted by Crippen LogP contribution is -1.99. The van der Waals surface area contributed by atoms with Crippen molar-refractivity contribution in [2.45, 2.75) is 0 Å². The Kier molecular flexibility index (Phi) is 3.00. The summed E-state index contributed by atoms with van der Waals surface area (Å²) in [6.07, 6.45) is 6.82. The first-order valence-electron chi connectivity index (χ1n) is 5.61. The average Bonchev–Trinajstić information content (AvgIpc) is 2.89. The highest BCUT2D eigenvalue weighted by Gasteiger charge is 2.08. The van der Waals surface area contributed by atoms with E-state index in [4.69, 9.17) is 5.73 Å². The van der Waals surface area contributed by atoms with Crippen LogP contribution in [0.15, 0.2) is 53.7 Å². The third-order valence-corrected chi connectivity index (χ3v) is 3.28. The quantitative estimate of drug-likeness (QED) is 0.738. The molecule has 0 saturated heterocycles. The Bertz CT molecular complexity index is 662. The summed E-state index contributed by atoms with van der Waals surface area (Å²) in [4.78, 5) is 8.12. The number of para-hydroxylation sites is 1. The van der Waals surface area contributed by atoms with Crippen molar-refractivity contribution in [3.05, 3.63) is 53.7 Å². The summed E-state index contributed by atoms with van der Waals surface area (Å²) in [6.45, 7) is 0. The topological polar surface area (TPSA) is 69.6 Å². The predicted octanol–water partition coefficient (Wildman–Crippen LogP) is 2.67. The minimum atomic E-state index is 0.691. The van der Waals surface area contributed by atoms with E-state index in [1.165, 1.54) is 6.33 Å². The van der Waals surface area contributed by atoms with E-state index in [1.54, 1.807) is 17.1 Å². The lowest BCUT2D eigenvalue weighted by Gasteiger charge is -2.02. The molecule has 0 aliphatic rings. The van der Waals surface area contributed by atoms with Crippen LogP contribution in [0, 0.1) is 0 Å². The monoisotopic (exact) mass is 315 g/mol. The normalized spacial score (nSPS) is 10.6. The van der Waals surface area contributed by atoms with Gasteiger partial charge in [0.2, 0.25) is 0 Å². The molecule has 2 N–H and O–H groups in total. The van der Waals surface area contributed by atoms with E-state index in [0.29, 0.717) is 5.82 Å². The third kappa shape index (κ3) is 2.22. The molecule has 0 saturated carbocycles. The van der Waals surface area contributed by atoms with E-state index in [2.05, 4.69) is 31.0 Å². The number of aromatic nitrogens is 4. The zero-order chi connectivity index (χ0) is 13.2. The molecule has 2 aromatic heterocycles. The van der Waals surface area contributed by atoms with E-state index in [0.717, 1.165) is 21.3 Å². The highest BCUT2D eigenvalue weighted by molar-refractivity contribution is 9.10. The SMILES string of the molecule is Nc1ccccc1-c1cnn(-c2ncncc2Br)c1. The van der Waals surface area contributed by atoms with Crippen molar-refractivity contribution in [3.8, 4) is 16.9 Å². The Balaban J connectivity index is 2.06. The van der Waals surface area contributed by atoms with Gasteiger partial charge in [-0.2, -0.15) is 5.10 Å². The highest BCUT2D eigenvalue weighted by atomic mass is 79.9. The molecule has 2 heterocycles. The Labute approximate surface area is 118 Å². The molecule has 0 amide bonds. The minimum Gasteiger partial charge on any atom is -0.398 e. The van der Waals surface area contributed by atoms with E-state index < -0.39 is 0 Å². The maximum absolute atomic E-state index is 5.96. The molecule has 0 fully saturated rings. The molecule has 0 bridgehead atoms. The van der Waals surface area contributed by atoms with Crippen LogP contribution in [-0.4, -0.2) is 19.7 Å². The summed E-state index contributed by atoms with van der Waals surface area (Å²) < 4.78 is 2.47. The summed E-state index contributed by atoms with van der Waals surface area (Å²) in [7, 11) is 0. The van der Waals surface area contributed by atoms with E-state index in [9.17, 15) is 0 Å². The Morgan fingerprint density at radius 3 is 2.79 bits per heavy atom. The molecule has 19 heavy (non-hydrogen) atoms. The molecule has 1 aromatic carbocycles. The third-order valence-electron chi connectivity index (χ3n) is 2.72. The van der Waals surface area contributed by atoms with Gasteiger partial charge in [0, 0.05) is 29.2 Å². The van der Waals surface area contributed by atoms with Gasteiger partial charge in [0.25, 0.3) is 0 Å². The van der Waals surface area contributed by atoms with Gasteiger partial charge in [-0.05, 0) is 22.0 Å². The van der Waals surface area contributed by atoms with E-state index >= 15 is 0 Å². The highest BCUT2D eigenvalue weighted by Crippen LogP contribution is 2.26. The zero-order valence-electron chi connectivity index (χ0n) is 9.86. The number of rotatable bonds is 2. The molecule has 6 heteroatoms. The maximum atomic E-state index is 5.96. The van der Waals surface area contributed by atoms with Gasteiger partial charge in [0.15, 0.2) is 5.82 Å². The Morgan fingerprint density at radius 2 is 2.00 bits per heavy atom. The molecule has 94 valence electrons. The van der Waals surface area contributed by atoms with E-state index in [1.807, 2.05) is 30.5 Å². The zero-order valence-corrected chi connectivity index (χ0v) is 11.4. The van der Waals surface area contributed by atoms with Crippen molar-refractivity contribution in [3.63, 3.8) is 0 Å². The number of benzene rings is 1. The summed E-state index contributed by atoms with van der Waals surface area (Å²) in [6, 6.07) is 7.69. The van der Waals surface area contributed by atoms with Crippen LogP contribution in [0.25, 0.3) is 16.9 Å². The molecule has 5 nitrogen and oxygen atoms in total. The first-order chi connectivity index (χ1) is 9.25. The van der Waals surface area contributed by atoms with Crippen LogP contribution in [0.2, 0.25) is 0 Å². The fourth-order valence-electron chi connectivity index (χ4n) is 1.81. The van der Waals surface area contributed by atoms with Crippen molar-refractivity contribution in [2.75, 3.05) is 5.73 Å². The van der Waals surface area contributed by atoms with E-state index in [-0.39, 0.29) is 0 Å². The molecule has 0 aliphatic heterocycles. The van der Waals surface area contributed by atoms with Gasteiger partial charge >= 0.3 is 0 Å². The van der Waals surface area contributed by atoms with Crippen LogP contribution in [0.5, 0.6) is 0 Å². The lowest BCUT2D eigenvalue weighted by atomic mass is 10.1. The van der Waals surface area contributed by atoms with Crippen molar-refractivity contribution >= 4 is 21.6 Å². The minimum absolute atomic E-state index is 0.691. The van der Waals surface area contributed by atoms with Crippen molar-refractivity contribution in [1.82, 2.24) is 19.7 Å².